The third-order valence-corrected chi connectivity index (χ3v) is 3.88. The highest BCUT2D eigenvalue weighted by Gasteiger charge is 2.17. The number of nitrogens with two attached hydrogens (primary N) is 1. The van der Waals surface area contributed by atoms with Crippen molar-refractivity contribution in [3.8, 4) is 11.8 Å². The van der Waals surface area contributed by atoms with Gasteiger partial charge in [0, 0.05) is 19.3 Å². The molecule has 0 saturated carbocycles. The number of hydrogen-bond acceptors (Lipinski definition) is 4. The summed E-state index contributed by atoms with van der Waals surface area (Å²) < 4.78 is 41.7. The molecule has 1 heterocycles. The van der Waals surface area contributed by atoms with Crippen LogP contribution < -0.4 is 10.5 Å². The lowest BCUT2D eigenvalue weighted by molar-refractivity contribution is 0.594. The van der Waals surface area contributed by atoms with Crippen LogP contribution in [0.2, 0.25) is 0 Å². The molecule has 0 bridgehead atoms. The molecular formula is C13H13FN4O2S. The minimum Gasteiger partial charge on any atom is -0.320 e. The molecule has 8 heteroatoms. The van der Waals surface area contributed by atoms with Gasteiger partial charge in [-0.05, 0) is 18.2 Å². The molecule has 0 spiro atoms. The van der Waals surface area contributed by atoms with Crippen LogP contribution in [0.1, 0.15) is 5.56 Å². The van der Waals surface area contributed by atoms with E-state index in [1.807, 2.05) is 0 Å². The summed E-state index contributed by atoms with van der Waals surface area (Å²) in [6, 6.07) is 4.97. The van der Waals surface area contributed by atoms with E-state index >= 15 is 0 Å². The first-order valence-corrected chi connectivity index (χ1v) is 7.41. The molecule has 0 unspecified atom stereocenters. The number of hydrogen-bond donors (Lipinski definition) is 2. The Balaban J connectivity index is 2.30. The molecule has 110 valence electrons. The van der Waals surface area contributed by atoms with Crippen molar-refractivity contribution in [2.75, 3.05) is 11.3 Å². The van der Waals surface area contributed by atoms with Crippen molar-refractivity contribution >= 4 is 15.8 Å². The van der Waals surface area contributed by atoms with Crippen molar-refractivity contribution in [3.05, 3.63) is 41.8 Å². The standard InChI is InChI=1S/C13H13FN4O2S/c1-18-8-6-13(16-18)17-21(19,20)11-5-4-10(3-2-7-15)12(14)9-11/h4-6,8-9H,7,15H2,1H3,(H,16,17). The molecule has 1 aromatic heterocycles. The van der Waals surface area contributed by atoms with Gasteiger partial charge in [-0.25, -0.2) is 12.8 Å². The number of aryl methyl sites for hydroxylation is 1. The van der Waals surface area contributed by atoms with Crippen LogP contribution in [-0.4, -0.2) is 24.7 Å². The van der Waals surface area contributed by atoms with Crippen molar-refractivity contribution in [2.45, 2.75) is 4.90 Å². The molecule has 0 aliphatic rings. The fourth-order valence-corrected chi connectivity index (χ4v) is 2.58. The van der Waals surface area contributed by atoms with Gasteiger partial charge in [-0.3, -0.25) is 9.40 Å². The molecule has 0 saturated heterocycles. The minimum absolute atomic E-state index is 0.0947. The van der Waals surface area contributed by atoms with E-state index in [9.17, 15) is 12.8 Å². The van der Waals surface area contributed by atoms with Crippen LogP contribution >= 0.6 is 0 Å². The molecule has 0 amide bonds. The summed E-state index contributed by atoms with van der Waals surface area (Å²) in [5.41, 5.74) is 5.30. The Morgan fingerprint density at radius 3 is 2.76 bits per heavy atom. The molecule has 6 nitrogen and oxygen atoms in total. The summed E-state index contributed by atoms with van der Waals surface area (Å²) in [5.74, 6) is 4.46. The van der Waals surface area contributed by atoms with Crippen LogP contribution in [0.5, 0.6) is 0 Å². The molecule has 0 radical (unpaired) electrons. The van der Waals surface area contributed by atoms with E-state index in [-0.39, 0.29) is 22.8 Å². The van der Waals surface area contributed by atoms with Crippen molar-refractivity contribution in [1.29, 1.82) is 0 Å². The Hall–Kier alpha value is -2.37. The number of benzene rings is 1. The lowest BCUT2D eigenvalue weighted by Gasteiger charge is -2.06. The van der Waals surface area contributed by atoms with E-state index in [0.717, 1.165) is 6.07 Å². The highest BCUT2D eigenvalue weighted by Crippen LogP contribution is 2.17. The van der Waals surface area contributed by atoms with Gasteiger partial charge in [-0.1, -0.05) is 11.8 Å². The lowest BCUT2D eigenvalue weighted by atomic mass is 10.2. The van der Waals surface area contributed by atoms with Gasteiger partial charge in [0.1, 0.15) is 5.82 Å². The second-order valence-corrected chi connectivity index (χ2v) is 5.81. The first-order valence-electron chi connectivity index (χ1n) is 5.93. The Morgan fingerprint density at radius 2 is 2.19 bits per heavy atom. The zero-order valence-electron chi connectivity index (χ0n) is 11.2. The Labute approximate surface area is 121 Å². The lowest BCUT2D eigenvalue weighted by Crippen LogP contribution is -2.14. The maximum atomic E-state index is 13.8. The van der Waals surface area contributed by atoms with Crippen molar-refractivity contribution in [3.63, 3.8) is 0 Å². The van der Waals surface area contributed by atoms with E-state index in [1.54, 1.807) is 13.2 Å². The average molecular weight is 308 g/mol. The molecule has 0 aliphatic carbocycles. The van der Waals surface area contributed by atoms with Gasteiger partial charge >= 0.3 is 0 Å². The highest BCUT2D eigenvalue weighted by atomic mass is 32.2. The second-order valence-electron chi connectivity index (χ2n) is 4.13. The number of aromatic nitrogens is 2. The van der Waals surface area contributed by atoms with Crippen LogP contribution in [0.15, 0.2) is 35.4 Å². The largest absolute Gasteiger partial charge is 0.320 e. The van der Waals surface area contributed by atoms with Gasteiger partial charge in [0.2, 0.25) is 0 Å². The maximum absolute atomic E-state index is 13.8. The Bertz CT molecular complexity index is 818. The SMILES string of the molecule is Cn1ccc(NS(=O)(=O)c2ccc(C#CCN)c(F)c2)n1. The number of anilines is 1. The predicted octanol–water partition coefficient (Wildman–Crippen LogP) is 0.670. The molecule has 0 aliphatic heterocycles. The Kier molecular flexibility index (Phi) is 4.26. The molecule has 0 atom stereocenters. The van der Waals surface area contributed by atoms with Crippen molar-refractivity contribution in [2.24, 2.45) is 12.8 Å². The Morgan fingerprint density at radius 1 is 1.43 bits per heavy atom. The van der Waals surface area contributed by atoms with Crippen molar-refractivity contribution < 1.29 is 12.8 Å². The maximum Gasteiger partial charge on any atom is 0.263 e. The van der Waals surface area contributed by atoms with Crippen LogP contribution in [0.4, 0.5) is 10.2 Å². The number of nitrogens with one attached hydrogen (secondary N) is 1. The van der Waals surface area contributed by atoms with Gasteiger partial charge < -0.3 is 5.73 Å². The molecule has 21 heavy (non-hydrogen) atoms. The topological polar surface area (TPSA) is 90.0 Å². The summed E-state index contributed by atoms with van der Waals surface area (Å²) in [6.45, 7) is 0.0979. The van der Waals surface area contributed by atoms with Gasteiger partial charge in [-0.15, -0.1) is 0 Å². The third-order valence-electron chi connectivity index (χ3n) is 2.53. The molecule has 1 aromatic carbocycles. The molecule has 3 N–H and O–H groups in total. The first-order chi connectivity index (χ1) is 9.92. The summed E-state index contributed by atoms with van der Waals surface area (Å²) in [5, 5.41) is 3.90. The second kappa shape index (κ2) is 5.95. The van der Waals surface area contributed by atoms with E-state index in [2.05, 4.69) is 21.7 Å². The van der Waals surface area contributed by atoms with E-state index in [4.69, 9.17) is 5.73 Å². The third kappa shape index (κ3) is 3.59. The summed E-state index contributed by atoms with van der Waals surface area (Å²) in [7, 11) is -2.24. The highest BCUT2D eigenvalue weighted by molar-refractivity contribution is 7.92. The zero-order valence-corrected chi connectivity index (χ0v) is 12.0. The summed E-state index contributed by atoms with van der Waals surface area (Å²) in [4.78, 5) is -0.205. The number of sulfonamides is 1. The van der Waals surface area contributed by atoms with Gasteiger partial charge in [0.05, 0.1) is 17.0 Å². The fourth-order valence-electron chi connectivity index (χ4n) is 1.58. The zero-order chi connectivity index (χ0) is 15.5. The first kappa shape index (κ1) is 15.0. The quantitative estimate of drug-likeness (QED) is 0.816. The van der Waals surface area contributed by atoms with Gasteiger partial charge in [0.25, 0.3) is 10.0 Å². The number of halogens is 1. The van der Waals surface area contributed by atoms with E-state index < -0.39 is 15.8 Å². The molecule has 2 aromatic rings. The molecular weight excluding hydrogens is 295 g/mol. The van der Waals surface area contributed by atoms with Crippen molar-refractivity contribution in [1.82, 2.24) is 9.78 Å². The van der Waals surface area contributed by atoms with E-state index in [1.165, 1.54) is 22.9 Å². The fraction of sp³-hybridized carbons (Fsp3) is 0.154. The van der Waals surface area contributed by atoms with E-state index in [0.29, 0.717) is 0 Å². The van der Waals surface area contributed by atoms with Gasteiger partial charge in [-0.2, -0.15) is 5.10 Å². The number of nitrogens with zero attached hydrogens (tertiary/aromatic N) is 2. The predicted molar refractivity (Wildman–Crippen MR) is 76.3 cm³/mol. The minimum atomic E-state index is -3.90. The average Bonchev–Trinajstić information content (AvgIpc) is 2.82. The molecule has 0 fully saturated rings. The van der Waals surface area contributed by atoms with Crippen LogP contribution in [-0.2, 0) is 17.1 Å². The van der Waals surface area contributed by atoms with Crippen LogP contribution in [0.3, 0.4) is 0 Å². The van der Waals surface area contributed by atoms with Crippen LogP contribution in [0, 0.1) is 17.7 Å². The van der Waals surface area contributed by atoms with Gasteiger partial charge in [0.15, 0.2) is 5.82 Å². The van der Waals surface area contributed by atoms with Crippen LogP contribution in [0.25, 0.3) is 0 Å². The smallest absolute Gasteiger partial charge is 0.263 e. The number of rotatable bonds is 3. The monoisotopic (exact) mass is 308 g/mol. The summed E-state index contributed by atoms with van der Waals surface area (Å²) >= 11 is 0. The molecule has 2 rings (SSSR count). The normalized spacial score (nSPS) is 10.8. The summed E-state index contributed by atoms with van der Waals surface area (Å²) in [6.07, 6.45) is 1.59.